The van der Waals surface area contributed by atoms with Crippen molar-refractivity contribution in [2.45, 2.75) is 58.7 Å². The second-order valence-electron chi connectivity index (χ2n) is 4.97. The number of carbonyl (C=O) groups is 4. The number of ether oxygens (including phenoxy) is 5. The van der Waals surface area contributed by atoms with Crippen molar-refractivity contribution in [2.24, 2.45) is 0 Å². The largest absolute Gasteiger partial charge is 0.463 e. The first kappa shape index (κ1) is 18.9. The Morgan fingerprint density at radius 1 is 0.870 bits per heavy atom. The molecule has 0 radical (unpaired) electrons. The third-order valence-corrected chi connectivity index (χ3v) is 2.85. The maximum Gasteiger partial charge on any atom is 0.304 e. The van der Waals surface area contributed by atoms with Gasteiger partial charge < -0.3 is 23.7 Å². The first-order valence-corrected chi connectivity index (χ1v) is 6.99. The van der Waals surface area contributed by atoms with Gasteiger partial charge in [-0.3, -0.25) is 19.2 Å². The Kier molecular flexibility index (Phi) is 6.95. The molecular formula is C14H20O9. The van der Waals surface area contributed by atoms with Crippen LogP contribution in [0.3, 0.4) is 0 Å². The number of carbonyl (C=O) groups excluding carboxylic acids is 4. The third kappa shape index (κ3) is 6.64. The SMILES string of the molecule is CC(=O)OC[C@H]1OC(OC(C)=O)C[C@@H](OC(C)=O)[C@H]1OC(C)=O. The highest BCUT2D eigenvalue weighted by atomic mass is 16.7. The van der Waals surface area contributed by atoms with Gasteiger partial charge in [-0.1, -0.05) is 0 Å². The minimum Gasteiger partial charge on any atom is -0.463 e. The molecule has 0 N–H and O–H groups in total. The number of rotatable bonds is 5. The topological polar surface area (TPSA) is 114 Å². The molecule has 0 bridgehead atoms. The Bertz CT molecular complexity index is 473. The van der Waals surface area contributed by atoms with E-state index in [1.165, 1.54) is 27.7 Å². The van der Waals surface area contributed by atoms with Crippen molar-refractivity contribution in [3.05, 3.63) is 0 Å². The quantitative estimate of drug-likeness (QED) is 0.510. The van der Waals surface area contributed by atoms with Crippen LogP contribution in [0.2, 0.25) is 0 Å². The first-order valence-electron chi connectivity index (χ1n) is 6.99. The summed E-state index contributed by atoms with van der Waals surface area (Å²) in [4.78, 5) is 44.6. The molecule has 1 heterocycles. The molecule has 1 aliphatic heterocycles. The lowest BCUT2D eigenvalue weighted by Crippen LogP contribution is -2.54. The molecule has 9 heteroatoms. The maximum absolute atomic E-state index is 11.3. The lowest BCUT2D eigenvalue weighted by Gasteiger charge is -2.39. The number of hydrogen-bond donors (Lipinski definition) is 0. The Morgan fingerprint density at radius 2 is 1.43 bits per heavy atom. The average Bonchev–Trinajstić information content (AvgIpc) is 2.37. The summed E-state index contributed by atoms with van der Waals surface area (Å²) in [6.45, 7) is 4.54. The normalized spacial score (nSPS) is 26.8. The molecule has 0 aromatic heterocycles. The average molecular weight is 332 g/mol. The molecule has 1 unspecified atom stereocenters. The van der Waals surface area contributed by atoms with Crippen LogP contribution in [0.5, 0.6) is 0 Å². The highest BCUT2D eigenvalue weighted by molar-refractivity contribution is 5.68. The molecule has 0 aromatic carbocycles. The summed E-state index contributed by atoms with van der Waals surface area (Å²) < 4.78 is 25.6. The fourth-order valence-corrected chi connectivity index (χ4v) is 2.16. The standard InChI is InChI=1S/C14H20O9/c1-7(15)19-6-12-14(22-10(4)18)11(20-8(2)16)5-13(23-12)21-9(3)17/h11-14H,5-6H2,1-4H3/t11-,12-,13?,14-/m1/s1. The van der Waals surface area contributed by atoms with Gasteiger partial charge in [0.15, 0.2) is 6.10 Å². The van der Waals surface area contributed by atoms with Crippen molar-refractivity contribution in [1.29, 1.82) is 0 Å². The molecule has 4 atom stereocenters. The summed E-state index contributed by atoms with van der Waals surface area (Å²) >= 11 is 0. The fourth-order valence-electron chi connectivity index (χ4n) is 2.16. The fraction of sp³-hybridized carbons (Fsp3) is 0.714. The van der Waals surface area contributed by atoms with E-state index in [-0.39, 0.29) is 13.0 Å². The molecule has 1 aliphatic rings. The second-order valence-corrected chi connectivity index (χ2v) is 4.97. The molecule has 130 valence electrons. The van der Waals surface area contributed by atoms with Gasteiger partial charge in [-0.05, 0) is 0 Å². The molecule has 1 rings (SSSR count). The molecule has 9 nitrogen and oxygen atoms in total. The van der Waals surface area contributed by atoms with Gasteiger partial charge >= 0.3 is 23.9 Å². The zero-order valence-electron chi connectivity index (χ0n) is 13.4. The molecule has 23 heavy (non-hydrogen) atoms. The van der Waals surface area contributed by atoms with E-state index in [4.69, 9.17) is 23.7 Å². The van der Waals surface area contributed by atoms with E-state index in [2.05, 4.69) is 0 Å². The summed E-state index contributed by atoms with van der Waals surface area (Å²) in [6.07, 6.45) is -3.83. The lowest BCUT2D eigenvalue weighted by molar-refractivity contribution is -0.260. The van der Waals surface area contributed by atoms with Crippen LogP contribution in [-0.2, 0) is 42.9 Å². The Labute approximate surface area is 133 Å². The van der Waals surface area contributed by atoms with E-state index in [1.54, 1.807) is 0 Å². The van der Waals surface area contributed by atoms with Crippen molar-refractivity contribution in [2.75, 3.05) is 6.61 Å². The van der Waals surface area contributed by atoms with Crippen molar-refractivity contribution in [3.8, 4) is 0 Å². The van der Waals surface area contributed by atoms with Crippen molar-refractivity contribution in [1.82, 2.24) is 0 Å². The van der Waals surface area contributed by atoms with E-state index in [0.29, 0.717) is 0 Å². The summed E-state index contributed by atoms with van der Waals surface area (Å²) in [6, 6.07) is 0. The van der Waals surface area contributed by atoms with E-state index >= 15 is 0 Å². The molecule has 0 spiro atoms. The Morgan fingerprint density at radius 3 is 1.91 bits per heavy atom. The summed E-state index contributed by atoms with van der Waals surface area (Å²) in [5, 5.41) is 0. The Hall–Kier alpha value is -2.16. The molecule has 0 saturated carbocycles. The van der Waals surface area contributed by atoms with E-state index in [1.807, 2.05) is 0 Å². The zero-order valence-corrected chi connectivity index (χ0v) is 13.4. The Balaban J connectivity index is 2.94. The van der Waals surface area contributed by atoms with Gasteiger partial charge in [0.2, 0.25) is 6.29 Å². The predicted octanol–water partition coefficient (Wildman–Crippen LogP) is 0.0910. The van der Waals surface area contributed by atoms with Gasteiger partial charge in [0.1, 0.15) is 18.8 Å². The monoisotopic (exact) mass is 332 g/mol. The van der Waals surface area contributed by atoms with Crippen LogP contribution >= 0.6 is 0 Å². The van der Waals surface area contributed by atoms with Crippen LogP contribution in [0.15, 0.2) is 0 Å². The van der Waals surface area contributed by atoms with Crippen LogP contribution in [0.4, 0.5) is 0 Å². The summed E-state index contributed by atoms with van der Waals surface area (Å²) in [7, 11) is 0. The third-order valence-electron chi connectivity index (χ3n) is 2.85. The second kappa shape index (κ2) is 8.47. The molecule has 0 aliphatic carbocycles. The van der Waals surface area contributed by atoms with Gasteiger partial charge in [0, 0.05) is 27.7 Å². The zero-order chi connectivity index (χ0) is 17.6. The minimum atomic E-state index is -1.01. The van der Waals surface area contributed by atoms with Crippen molar-refractivity contribution in [3.63, 3.8) is 0 Å². The van der Waals surface area contributed by atoms with E-state index in [9.17, 15) is 19.2 Å². The van der Waals surface area contributed by atoms with Crippen LogP contribution in [0, 0.1) is 0 Å². The smallest absolute Gasteiger partial charge is 0.304 e. The van der Waals surface area contributed by atoms with Gasteiger partial charge in [0.05, 0.1) is 6.42 Å². The molecule has 1 saturated heterocycles. The lowest BCUT2D eigenvalue weighted by atomic mass is 10.0. The molecule has 1 fully saturated rings. The molecular weight excluding hydrogens is 312 g/mol. The number of esters is 4. The van der Waals surface area contributed by atoms with Crippen molar-refractivity contribution < 1.29 is 42.9 Å². The van der Waals surface area contributed by atoms with Crippen LogP contribution < -0.4 is 0 Å². The summed E-state index contributed by atoms with van der Waals surface area (Å²) in [5.41, 5.74) is 0. The maximum atomic E-state index is 11.3. The minimum absolute atomic E-state index is 0.00627. The van der Waals surface area contributed by atoms with Gasteiger partial charge in [-0.15, -0.1) is 0 Å². The van der Waals surface area contributed by atoms with Gasteiger partial charge in [-0.25, -0.2) is 0 Å². The van der Waals surface area contributed by atoms with Gasteiger partial charge in [0.25, 0.3) is 0 Å². The predicted molar refractivity (Wildman–Crippen MR) is 72.8 cm³/mol. The van der Waals surface area contributed by atoms with Crippen LogP contribution in [0.1, 0.15) is 34.1 Å². The van der Waals surface area contributed by atoms with E-state index < -0.39 is 48.5 Å². The van der Waals surface area contributed by atoms with Crippen LogP contribution in [0.25, 0.3) is 0 Å². The molecule has 0 amide bonds. The van der Waals surface area contributed by atoms with Crippen LogP contribution in [-0.4, -0.2) is 55.1 Å². The van der Waals surface area contributed by atoms with Gasteiger partial charge in [-0.2, -0.15) is 0 Å². The summed E-state index contributed by atoms with van der Waals surface area (Å²) in [5.74, 6) is -2.36. The van der Waals surface area contributed by atoms with E-state index in [0.717, 1.165) is 0 Å². The molecule has 0 aromatic rings. The number of hydrogen-bond acceptors (Lipinski definition) is 9. The highest BCUT2D eigenvalue weighted by Gasteiger charge is 2.44. The highest BCUT2D eigenvalue weighted by Crippen LogP contribution is 2.27. The van der Waals surface area contributed by atoms with Crippen molar-refractivity contribution >= 4 is 23.9 Å². The first-order chi connectivity index (χ1) is 10.7.